The largest absolute Gasteiger partial charge is 0.337 e. The van der Waals surface area contributed by atoms with Crippen molar-refractivity contribution >= 4 is 15.9 Å². The smallest absolute Gasteiger partial charge is 0.257 e. The van der Waals surface area contributed by atoms with Gasteiger partial charge in [-0.2, -0.15) is 0 Å². The van der Waals surface area contributed by atoms with Crippen molar-refractivity contribution in [2.45, 2.75) is 37.4 Å². The lowest BCUT2D eigenvalue weighted by atomic mass is 10.2. The Morgan fingerprint density at radius 1 is 1.43 bits per heavy atom. The van der Waals surface area contributed by atoms with Crippen LogP contribution in [0.5, 0.6) is 0 Å². The quantitative estimate of drug-likeness (QED) is 0.846. The van der Waals surface area contributed by atoms with Gasteiger partial charge in [0.25, 0.3) is 15.9 Å². The third kappa shape index (κ3) is 3.88. The van der Waals surface area contributed by atoms with Crippen molar-refractivity contribution in [1.82, 2.24) is 19.5 Å². The van der Waals surface area contributed by atoms with Gasteiger partial charge in [-0.3, -0.25) is 9.69 Å². The molecule has 1 fully saturated rings. The van der Waals surface area contributed by atoms with Crippen molar-refractivity contribution in [3.8, 4) is 0 Å². The van der Waals surface area contributed by atoms with E-state index >= 15 is 0 Å². The highest BCUT2D eigenvalue weighted by Gasteiger charge is 2.30. The molecule has 0 bridgehead atoms. The lowest BCUT2D eigenvalue weighted by molar-refractivity contribution is 0.0731. The van der Waals surface area contributed by atoms with Gasteiger partial charge in [-0.1, -0.05) is 0 Å². The van der Waals surface area contributed by atoms with Gasteiger partial charge in [-0.25, -0.2) is 18.1 Å². The molecule has 0 aliphatic carbocycles. The number of carbonyl (C=O) groups excluding carboxylic acids is 1. The molecule has 2 rings (SSSR count). The first kappa shape index (κ1) is 17.8. The van der Waals surface area contributed by atoms with Crippen LogP contribution >= 0.6 is 0 Å². The van der Waals surface area contributed by atoms with Crippen molar-refractivity contribution in [2.75, 3.05) is 27.2 Å². The Hall–Kier alpha value is -1.51. The molecule has 1 aromatic rings. The summed E-state index contributed by atoms with van der Waals surface area (Å²) >= 11 is 0. The highest BCUT2D eigenvalue weighted by Crippen LogP contribution is 2.18. The number of nitrogens with zero attached hydrogens (tertiary/aromatic N) is 3. The first-order valence-electron chi connectivity index (χ1n) is 7.67. The van der Waals surface area contributed by atoms with Gasteiger partial charge in [0.15, 0.2) is 5.03 Å². The fraction of sp³-hybridized carbons (Fsp3) is 0.600. The van der Waals surface area contributed by atoms with Crippen LogP contribution in [0.25, 0.3) is 0 Å². The molecule has 8 heteroatoms. The predicted molar refractivity (Wildman–Crippen MR) is 87.7 cm³/mol. The number of nitrogens with one attached hydrogen (secondary N) is 1. The van der Waals surface area contributed by atoms with Gasteiger partial charge < -0.3 is 4.90 Å². The van der Waals surface area contributed by atoms with E-state index in [9.17, 15) is 13.2 Å². The van der Waals surface area contributed by atoms with Crippen LogP contribution in [0.2, 0.25) is 0 Å². The second kappa shape index (κ2) is 6.94. The molecule has 23 heavy (non-hydrogen) atoms. The Morgan fingerprint density at radius 2 is 2.13 bits per heavy atom. The monoisotopic (exact) mass is 340 g/mol. The number of rotatable bonds is 5. The van der Waals surface area contributed by atoms with Crippen molar-refractivity contribution in [3.63, 3.8) is 0 Å². The molecular formula is C15H24N4O3S. The van der Waals surface area contributed by atoms with E-state index in [2.05, 4.69) is 28.5 Å². The molecule has 1 unspecified atom stereocenters. The van der Waals surface area contributed by atoms with E-state index in [4.69, 9.17) is 0 Å². The number of hydrogen-bond donors (Lipinski definition) is 1. The third-order valence-electron chi connectivity index (χ3n) is 4.32. The molecule has 0 radical (unpaired) electrons. The fourth-order valence-corrected chi connectivity index (χ4v) is 3.34. The summed E-state index contributed by atoms with van der Waals surface area (Å²) in [7, 11) is -0.475. The van der Waals surface area contributed by atoms with Gasteiger partial charge in [-0.05, 0) is 39.4 Å². The van der Waals surface area contributed by atoms with Crippen LogP contribution < -0.4 is 4.72 Å². The third-order valence-corrected chi connectivity index (χ3v) is 5.65. The number of likely N-dealkylation sites (N-methyl/N-ethyl adjacent to an activating group) is 1. The zero-order valence-corrected chi connectivity index (χ0v) is 14.8. The van der Waals surface area contributed by atoms with Crippen molar-refractivity contribution in [3.05, 3.63) is 23.9 Å². The van der Waals surface area contributed by atoms with Gasteiger partial charge >= 0.3 is 0 Å². The number of likely N-dealkylation sites (tertiary alicyclic amines) is 1. The summed E-state index contributed by atoms with van der Waals surface area (Å²) in [6.07, 6.45) is 2.26. The maximum absolute atomic E-state index is 12.5. The normalized spacial score (nSPS) is 19.3. The first-order chi connectivity index (χ1) is 10.8. The molecule has 1 aliphatic heterocycles. The van der Waals surface area contributed by atoms with Gasteiger partial charge in [-0.15, -0.1) is 0 Å². The van der Waals surface area contributed by atoms with E-state index in [-0.39, 0.29) is 17.0 Å². The minimum atomic E-state index is -3.59. The Morgan fingerprint density at radius 3 is 2.61 bits per heavy atom. The molecule has 0 saturated carbocycles. The van der Waals surface area contributed by atoms with Gasteiger partial charge in [0.2, 0.25) is 0 Å². The Balaban J connectivity index is 2.09. The SMILES string of the molecule is CNS(=O)(=O)c1ccc(C(=O)N(C)C2CCN(C(C)C)C2)cn1. The molecule has 128 valence electrons. The predicted octanol–water partition coefficient (Wildman–Crippen LogP) is 0.544. The number of carbonyl (C=O) groups is 1. The van der Waals surface area contributed by atoms with Crippen LogP contribution in [0.1, 0.15) is 30.6 Å². The Labute approximate surface area is 137 Å². The molecule has 1 aliphatic rings. The van der Waals surface area contributed by atoms with Crippen LogP contribution in [-0.2, 0) is 10.0 Å². The summed E-state index contributed by atoms with van der Waals surface area (Å²) in [6.45, 7) is 6.14. The lowest BCUT2D eigenvalue weighted by Gasteiger charge is -2.26. The summed E-state index contributed by atoms with van der Waals surface area (Å²) < 4.78 is 25.5. The molecule has 1 aromatic heterocycles. The van der Waals surface area contributed by atoms with Crippen molar-refractivity contribution < 1.29 is 13.2 Å². The van der Waals surface area contributed by atoms with E-state index in [1.807, 2.05) is 0 Å². The molecule has 7 nitrogen and oxygen atoms in total. The molecule has 1 saturated heterocycles. The highest BCUT2D eigenvalue weighted by molar-refractivity contribution is 7.89. The Bertz CT molecular complexity index is 658. The van der Waals surface area contributed by atoms with Crippen LogP contribution in [0, 0.1) is 0 Å². The van der Waals surface area contributed by atoms with Crippen LogP contribution in [0.4, 0.5) is 0 Å². The molecule has 2 heterocycles. The number of aromatic nitrogens is 1. The van der Waals surface area contributed by atoms with Crippen molar-refractivity contribution in [1.29, 1.82) is 0 Å². The highest BCUT2D eigenvalue weighted by atomic mass is 32.2. The van der Waals surface area contributed by atoms with E-state index < -0.39 is 10.0 Å². The van der Waals surface area contributed by atoms with Crippen molar-refractivity contribution in [2.24, 2.45) is 0 Å². The standard InChI is InChI=1S/C15H24N4O3S/c1-11(2)19-8-7-13(10-19)18(4)15(20)12-5-6-14(17-9-12)23(21,22)16-3/h5-6,9,11,13,16H,7-8,10H2,1-4H3. The van der Waals surface area contributed by atoms with E-state index in [0.29, 0.717) is 11.6 Å². The molecular weight excluding hydrogens is 316 g/mol. The van der Waals surface area contributed by atoms with Gasteiger partial charge in [0.1, 0.15) is 0 Å². The summed E-state index contributed by atoms with van der Waals surface area (Å²) in [6, 6.07) is 3.49. The molecule has 1 amide bonds. The topological polar surface area (TPSA) is 82.6 Å². The maximum atomic E-state index is 12.5. The zero-order valence-electron chi connectivity index (χ0n) is 14.0. The van der Waals surface area contributed by atoms with Crippen LogP contribution in [-0.4, -0.2) is 68.4 Å². The zero-order chi connectivity index (χ0) is 17.2. The molecule has 0 aromatic carbocycles. The summed E-state index contributed by atoms with van der Waals surface area (Å²) in [5.74, 6) is -0.137. The molecule has 0 spiro atoms. The number of sulfonamides is 1. The maximum Gasteiger partial charge on any atom is 0.257 e. The fourth-order valence-electron chi connectivity index (χ4n) is 2.69. The number of pyridine rings is 1. The summed E-state index contributed by atoms with van der Waals surface area (Å²) in [5.41, 5.74) is 0.394. The second-order valence-corrected chi connectivity index (χ2v) is 7.87. The minimum Gasteiger partial charge on any atom is -0.337 e. The number of amides is 1. The molecule has 1 N–H and O–H groups in total. The van der Waals surface area contributed by atoms with Gasteiger partial charge in [0, 0.05) is 38.4 Å². The number of hydrogen-bond acceptors (Lipinski definition) is 5. The van der Waals surface area contributed by atoms with E-state index in [0.717, 1.165) is 19.5 Å². The van der Waals surface area contributed by atoms with Gasteiger partial charge in [0.05, 0.1) is 5.56 Å². The first-order valence-corrected chi connectivity index (χ1v) is 9.15. The summed E-state index contributed by atoms with van der Waals surface area (Å²) in [4.78, 5) is 20.5. The van der Waals surface area contributed by atoms with E-state index in [1.165, 1.54) is 25.4 Å². The second-order valence-electron chi connectivity index (χ2n) is 6.04. The van der Waals surface area contributed by atoms with Crippen LogP contribution in [0.15, 0.2) is 23.4 Å². The van der Waals surface area contributed by atoms with E-state index in [1.54, 1.807) is 11.9 Å². The average molecular weight is 340 g/mol. The minimum absolute atomic E-state index is 0.0916. The lowest BCUT2D eigenvalue weighted by Crippen LogP contribution is -2.40. The summed E-state index contributed by atoms with van der Waals surface area (Å²) in [5, 5.41) is -0.0916. The van der Waals surface area contributed by atoms with Crippen LogP contribution in [0.3, 0.4) is 0 Å². The molecule has 1 atom stereocenters. The Kier molecular flexibility index (Phi) is 5.38. The average Bonchev–Trinajstić information content (AvgIpc) is 3.04.